The predicted molar refractivity (Wildman–Crippen MR) is 149 cm³/mol. The fraction of sp³-hybridized carbons (Fsp3) is 0.643. The van der Waals surface area contributed by atoms with Crippen LogP contribution in [0, 0.1) is 35.5 Å². The molecule has 2 nitrogen and oxygen atoms in total. The lowest BCUT2D eigenvalue weighted by Gasteiger charge is -2.46. The monoisotopic (exact) mass is 624 g/mol. The predicted octanol–water partition coefficient (Wildman–Crippen LogP) is 9.24. The molecule has 3 saturated carbocycles. The third-order valence-electron chi connectivity index (χ3n) is 8.96. The number of carbonyl (C=O) groups is 2. The smallest absolute Gasteiger partial charge is 0.144 e. The van der Waals surface area contributed by atoms with Crippen LogP contribution in [-0.4, -0.2) is 11.6 Å². The van der Waals surface area contributed by atoms with Crippen LogP contribution in [0.2, 0.25) is 0 Å². The number of hydrogen-bond acceptors (Lipinski definition) is 4. The second-order valence-corrected chi connectivity index (χ2v) is 15.6. The van der Waals surface area contributed by atoms with Gasteiger partial charge in [-0.1, -0.05) is 39.5 Å². The molecule has 0 N–H and O–H groups in total. The van der Waals surface area contributed by atoms with Crippen molar-refractivity contribution in [3.63, 3.8) is 0 Å². The second kappa shape index (κ2) is 10.6. The molecule has 0 bridgehead atoms. The van der Waals surface area contributed by atoms with Crippen LogP contribution >= 0.6 is 54.5 Å². The highest BCUT2D eigenvalue weighted by Crippen LogP contribution is 2.63. The lowest BCUT2D eigenvalue weighted by atomic mass is 9.56. The summed E-state index contributed by atoms with van der Waals surface area (Å²) in [5, 5.41) is 0. The number of fused-ring (bicyclic) bond motifs is 2. The van der Waals surface area contributed by atoms with E-state index in [1.54, 1.807) is 22.7 Å². The van der Waals surface area contributed by atoms with Crippen molar-refractivity contribution in [1.29, 1.82) is 0 Å². The summed E-state index contributed by atoms with van der Waals surface area (Å²) < 4.78 is 2.21. The van der Waals surface area contributed by atoms with Gasteiger partial charge in [-0.25, -0.2) is 0 Å². The molecule has 2 heterocycles. The number of hydrogen-bond donors (Lipinski definition) is 0. The summed E-state index contributed by atoms with van der Waals surface area (Å²) in [6, 6.07) is 8.46. The highest BCUT2D eigenvalue weighted by molar-refractivity contribution is 9.11. The molecule has 2 aromatic heterocycles. The van der Waals surface area contributed by atoms with Crippen LogP contribution in [0.5, 0.6) is 0 Å². The minimum Gasteiger partial charge on any atom is -0.299 e. The summed E-state index contributed by atoms with van der Waals surface area (Å²) in [6.07, 6.45) is 8.69. The highest BCUT2D eigenvalue weighted by Gasteiger charge is 2.62. The molecule has 0 aliphatic heterocycles. The van der Waals surface area contributed by atoms with Gasteiger partial charge < -0.3 is 0 Å². The van der Waals surface area contributed by atoms with Gasteiger partial charge in [0.05, 0.1) is 19.4 Å². The number of rotatable bonds is 8. The normalized spacial score (nSPS) is 35.1. The van der Waals surface area contributed by atoms with E-state index in [1.165, 1.54) is 9.75 Å². The summed E-state index contributed by atoms with van der Waals surface area (Å²) in [6.45, 7) is 4.49. The van der Waals surface area contributed by atoms with Gasteiger partial charge in [-0.05, 0) is 105 Å². The van der Waals surface area contributed by atoms with Crippen LogP contribution in [0.15, 0.2) is 31.8 Å². The van der Waals surface area contributed by atoms with E-state index < -0.39 is 0 Å². The summed E-state index contributed by atoms with van der Waals surface area (Å²) in [5.41, 5.74) is 0. The van der Waals surface area contributed by atoms with E-state index >= 15 is 0 Å². The zero-order chi connectivity index (χ0) is 24.0. The fourth-order valence-electron chi connectivity index (χ4n) is 7.64. The van der Waals surface area contributed by atoms with Gasteiger partial charge in [0.25, 0.3) is 0 Å². The van der Waals surface area contributed by atoms with Crippen LogP contribution in [0.4, 0.5) is 0 Å². The molecule has 34 heavy (non-hydrogen) atoms. The highest BCUT2D eigenvalue weighted by atomic mass is 79.9. The van der Waals surface area contributed by atoms with E-state index in [9.17, 15) is 9.59 Å². The lowest BCUT2D eigenvalue weighted by molar-refractivity contribution is -0.134. The minimum absolute atomic E-state index is 0.0255. The van der Waals surface area contributed by atoms with Crippen molar-refractivity contribution in [2.45, 2.75) is 77.0 Å². The molecule has 8 atom stereocenters. The van der Waals surface area contributed by atoms with Crippen molar-refractivity contribution in [1.82, 2.24) is 0 Å². The molecular formula is C28H34Br2O2S2. The molecule has 3 aliphatic carbocycles. The number of Topliss-reactive ketones (excluding diaryl/α,β-unsaturated/α-hetero) is 2. The van der Waals surface area contributed by atoms with E-state index in [2.05, 4.69) is 70.0 Å². The number of ketones is 2. The van der Waals surface area contributed by atoms with Crippen LogP contribution in [0.3, 0.4) is 0 Å². The first-order valence-electron chi connectivity index (χ1n) is 13.0. The van der Waals surface area contributed by atoms with Gasteiger partial charge in [-0.3, -0.25) is 9.59 Å². The van der Waals surface area contributed by atoms with Gasteiger partial charge in [0, 0.05) is 21.6 Å². The molecule has 0 radical (unpaired) electrons. The fourth-order valence-corrected chi connectivity index (χ4v) is 10.7. The lowest BCUT2D eigenvalue weighted by Crippen LogP contribution is -2.46. The van der Waals surface area contributed by atoms with Crippen molar-refractivity contribution >= 4 is 66.1 Å². The van der Waals surface area contributed by atoms with Gasteiger partial charge in [0.2, 0.25) is 0 Å². The second-order valence-electron chi connectivity index (χ2n) is 10.7. The summed E-state index contributed by atoms with van der Waals surface area (Å²) in [4.78, 5) is 30.6. The van der Waals surface area contributed by atoms with Crippen molar-refractivity contribution in [3.05, 3.63) is 41.6 Å². The molecule has 0 spiro atoms. The quantitative estimate of drug-likeness (QED) is 0.293. The molecule has 6 heteroatoms. The Morgan fingerprint density at radius 3 is 1.47 bits per heavy atom. The van der Waals surface area contributed by atoms with Crippen molar-refractivity contribution < 1.29 is 9.59 Å². The Labute approximate surface area is 228 Å². The minimum atomic E-state index is 0.0255. The molecular weight excluding hydrogens is 592 g/mol. The summed E-state index contributed by atoms with van der Waals surface area (Å²) in [7, 11) is 0. The Hall–Kier alpha value is -0.300. The van der Waals surface area contributed by atoms with E-state index in [1.807, 2.05) is 0 Å². The largest absolute Gasteiger partial charge is 0.299 e. The first-order chi connectivity index (χ1) is 16.4. The Balaban J connectivity index is 1.53. The standard InChI is InChI=1S/C28H34Br2O2S2/c1-3-5-7-15-17-13-19(21-9-11-23(29)33-21)28(32)26(17)16(8-6-4-2)18-14-20(27(31)25(15)18)22-10-12-24(30)34-22/h9-12,15-20,25-26H,3-8,13-14H2,1-2H3. The maximum absolute atomic E-state index is 14.1. The Morgan fingerprint density at radius 1 is 0.735 bits per heavy atom. The SMILES string of the molecule is CCCCC1C2CC(c3ccc(Br)s3)C(=O)C2C(CCCC)C2CC(c3ccc(Br)s3)C(=O)C12. The molecule has 184 valence electrons. The average molecular weight is 627 g/mol. The van der Waals surface area contributed by atoms with Gasteiger partial charge in [-0.15, -0.1) is 22.7 Å². The first kappa shape index (κ1) is 25.4. The zero-order valence-electron chi connectivity index (χ0n) is 20.0. The molecule has 3 aliphatic rings. The molecule has 0 aromatic carbocycles. The van der Waals surface area contributed by atoms with Crippen LogP contribution in [0.25, 0.3) is 0 Å². The zero-order valence-corrected chi connectivity index (χ0v) is 24.8. The topological polar surface area (TPSA) is 34.1 Å². The maximum Gasteiger partial charge on any atom is 0.144 e. The molecule has 8 unspecified atom stereocenters. The van der Waals surface area contributed by atoms with Gasteiger partial charge >= 0.3 is 0 Å². The molecule has 3 fully saturated rings. The number of unbranched alkanes of at least 4 members (excludes halogenated alkanes) is 2. The summed E-state index contributed by atoms with van der Waals surface area (Å²) >= 11 is 10.7. The van der Waals surface area contributed by atoms with Gasteiger partial charge in [-0.2, -0.15) is 0 Å². The van der Waals surface area contributed by atoms with Crippen molar-refractivity contribution in [2.75, 3.05) is 0 Å². The van der Waals surface area contributed by atoms with E-state index in [0.29, 0.717) is 35.2 Å². The Kier molecular flexibility index (Phi) is 7.90. The number of carbonyl (C=O) groups excluding carboxylic acids is 2. The summed E-state index contributed by atoms with van der Waals surface area (Å²) in [5.74, 6) is 2.76. The van der Waals surface area contributed by atoms with E-state index in [-0.39, 0.29) is 23.7 Å². The van der Waals surface area contributed by atoms with Crippen molar-refractivity contribution in [2.24, 2.45) is 35.5 Å². The van der Waals surface area contributed by atoms with Gasteiger partial charge in [0.15, 0.2) is 0 Å². The third-order valence-corrected chi connectivity index (χ3v) is 12.4. The molecule has 2 aromatic rings. The maximum atomic E-state index is 14.1. The van der Waals surface area contributed by atoms with Gasteiger partial charge in [0.1, 0.15) is 11.6 Å². The van der Waals surface area contributed by atoms with Crippen molar-refractivity contribution in [3.8, 4) is 0 Å². The molecule has 0 amide bonds. The molecule has 0 saturated heterocycles. The first-order valence-corrected chi connectivity index (χ1v) is 16.2. The van der Waals surface area contributed by atoms with Crippen LogP contribution in [-0.2, 0) is 9.59 Å². The Morgan fingerprint density at radius 2 is 1.15 bits per heavy atom. The third kappa shape index (κ3) is 4.48. The van der Waals surface area contributed by atoms with E-state index in [4.69, 9.17) is 0 Å². The molecule has 5 rings (SSSR count). The number of thiophene rings is 2. The Bertz CT molecular complexity index is 961. The van der Waals surface area contributed by atoms with Crippen LogP contribution < -0.4 is 0 Å². The van der Waals surface area contributed by atoms with Crippen LogP contribution in [0.1, 0.15) is 86.8 Å². The van der Waals surface area contributed by atoms with E-state index in [0.717, 1.165) is 58.9 Å². The average Bonchev–Trinajstić information content (AvgIpc) is 3.58. The number of halogens is 2.